The maximum Gasteiger partial charge on any atom is 0.234 e. The fourth-order valence-electron chi connectivity index (χ4n) is 1.76. The van der Waals surface area contributed by atoms with Crippen molar-refractivity contribution in [3.8, 4) is 0 Å². The number of thioether (sulfide) groups is 1. The Morgan fingerprint density at radius 2 is 1.91 bits per heavy atom. The van der Waals surface area contributed by atoms with Gasteiger partial charge in [-0.2, -0.15) is 0 Å². The Morgan fingerprint density at radius 3 is 2.52 bits per heavy atom. The Morgan fingerprint density at radius 1 is 1.17 bits per heavy atom. The number of hydrogen-bond donors (Lipinski definition) is 1. The molecule has 0 radical (unpaired) electrons. The number of Topliss-reactive ketones (excluding diaryl/α,β-unsaturated/α-hetero) is 1. The molecule has 1 N–H and O–H groups in total. The molecule has 0 aliphatic carbocycles. The molecule has 0 aliphatic rings. The zero-order chi connectivity index (χ0) is 17.0. The molecule has 120 valence electrons. The summed E-state index contributed by atoms with van der Waals surface area (Å²) in [5, 5.41) is 2.61. The monoisotopic (exact) mass is 355 g/mol. The summed E-state index contributed by atoms with van der Waals surface area (Å²) in [5.41, 5.74) is 0.556. The van der Waals surface area contributed by atoms with Gasteiger partial charge < -0.3 is 5.32 Å². The van der Waals surface area contributed by atoms with Crippen molar-refractivity contribution in [3.05, 3.63) is 58.6 Å². The van der Waals surface area contributed by atoms with E-state index >= 15 is 0 Å². The van der Waals surface area contributed by atoms with Crippen molar-refractivity contribution in [2.24, 2.45) is 0 Å². The van der Waals surface area contributed by atoms with Crippen LogP contribution in [0.25, 0.3) is 0 Å². The van der Waals surface area contributed by atoms with E-state index in [4.69, 9.17) is 11.6 Å². The zero-order valence-electron chi connectivity index (χ0n) is 12.0. The molecule has 0 saturated heterocycles. The van der Waals surface area contributed by atoms with Crippen LogP contribution in [0.3, 0.4) is 0 Å². The number of amides is 1. The van der Waals surface area contributed by atoms with Gasteiger partial charge in [0.05, 0.1) is 16.5 Å². The van der Waals surface area contributed by atoms with Crippen LogP contribution in [0.5, 0.6) is 0 Å². The van der Waals surface area contributed by atoms with E-state index in [1.807, 2.05) is 0 Å². The molecule has 3 nitrogen and oxygen atoms in total. The molecule has 0 unspecified atom stereocenters. The SMILES string of the molecule is CC(=O)c1ccc(SCC(=O)Nc2ccc(F)cc2Cl)c(F)c1. The molecule has 0 fully saturated rings. The van der Waals surface area contributed by atoms with Crippen LogP contribution in [0.1, 0.15) is 17.3 Å². The molecule has 0 atom stereocenters. The van der Waals surface area contributed by atoms with Crippen LogP contribution in [0.4, 0.5) is 14.5 Å². The molecule has 7 heteroatoms. The summed E-state index contributed by atoms with van der Waals surface area (Å²) in [5.74, 6) is -1.75. The summed E-state index contributed by atoms with van der Waals surface area (Å²) < 4.78 is 26.7. The number of rotatable bonds is 5. The molecule has 0 saturated carbocycles. The fourth-order valence-corrected chi connectivity index (χ4v) is 2.69. The predicted octanol–water partition coefficient (Wildman–Crippen LogP) is 4.55. The van der Waals surface area contributed by atoms with Crippen molar-refractivity contribution in [2.45, 2.75) is 11.8 Å². The van der Waals surface area contributed by atoms with Crippen LogP contribution in [-0.4, -0.2) is 17.4 Å². The summed E-state index contributed by atoms with van der Waals surface area (Å²) >= 11 is 6.80. The number of halogens is 3. The Bertz CT molecular complexity index is 768. The highest BCUT2D eigenvalue weighted by Crippen LogP contribution is 2.25. The molecule has 0 aromatic heterocycles. The standard InChI is InChI=1S/C16H12ClF2NO2S/c1-9(21)10-2-5-15(13(19)6-10)23-8-16(22)20-14-4-3-11(18)7-12(14)17/h2-7H,8H2,1H3,(H,20,22). The van der Waals surface area contributed by atoms with Crippen LogP contribution in [-0.2, 0) is 4.79 Å². The smallest absolute Gasteiger partial charge is 0.234 e. The number of benzene rings is 2. The van der Waals surface area contributed by atoms with E-state index in [0.29, 0.717) is 0 Å². The van der Waals surface area contributed by atoms with Crippen molar-refractivity contribution < 1.29 is 18.4 Å². The third-order valence-corrected chi connectivity index (χ3v) is 4.26. The Kier molecular flexibility index (Phi) is 5.74. The van der Waals surface area contributed by atoms with Gasteiger partial charge in [0.15, 0.2) is 5.78 Å². The van der Waals surface area contributed by atoms with Crippen LogP contribution >= 0.6 is 23.4 Å². The van der Waals surface area contributed by atoms with Gasteiger partial charge in [-0.05, 0) is 37.3 Å². The summed E-state index contributed by atoms with van der Waals surface area (Å²) in [6.07, 6.45) is 0. The van der Waals surface area contributed by atoms with Crippen LogP contribution in [0, 0.1) is 11.6 Å². The normalized spacial score (nSPS) is 10.4. The van der Waals surface area contributed by atoms with Gasteiger partial charge in [-0.15, -0.1) is 11.8 Å². The van der Waals surface area contributed by atoms with Gasteiger partial charge in [-0.25, -0.2) is 8.78 Å². The van der Waals surface area contributed by atoms with E-state index in [9.17, 15) is 18.4 Å². The number of ketones is 1. The molecule has 1 amide bonds. The van der Waals surface area contributed by atoms with Gasteiger partial charge >= 0.3 is 0 Å². The quantitative estimate of drug-likeness (QED) is 0.632. The molecule has 2 rings (SSSR count). The number of nitrogens with one attached hydrogen (secondary N) is 1. The van der Waals surface area contributed by atoms with Crippen LogP contribution in [0.15, 0.2) is 41.3 Å². The Hall–Kier alpha value is -1.92. The van der Waals surface area contributed by atoms with E-state index in [2.05, 4.69) is 5.32 Å². The first kappa shape index (κ1) is 17.4. The minimum Gasteiger partial charge on any atom is -0.324 e. The first-order valence-corrected chi connectivity index (χ1v) is 7.91. The first-order chi connectivity index (χ1) is 10.9. The van der Waals surface area contributed by atoms with Gasteiger partial charge in [0.1, 0.15) is 11.6 Å². The summed E-state index contributed by atoms with van der Waals surface area (Å²) in [4.78, 5) is 23.3. The van der Waals surface area contributed by atoms with Gasteiger partial charge in [0.2, 0.25) is 5.91 Å². The summed E-state index contributed by atoms with van der Waals surface area (Å²) in [7, 11) is 0. The lowest BCUT2D eigenvalue weighted by Crippen LogP contribution is -2.14. The molecular weight excluding hydrogens is 344 g/mol. The van der Waals surface area contributed by atoms with Crippen molar-refractivity contribution in [1.82, 2.24) is 0 Å². The molecule has 2 aromatic rings. The first-order valence-electron chi connectivity index (χ1n) is 6.55. The maximum absolute atomic E-state index is 13.8. The molecular formula is C16H12ClF2NO2S. The minimum atomic E-state index is -0.560. The van der Waals surface area contributed by atoms with Crippen LogP contribution in [0.2, 0.25) is 5.02 Å². The summed E-state index contributed by atoms with van der Waals surface area (Å²) in [6, 6.07) is 7.71. The van der Waals surface area contributed by atoms with Gasteiger partial charge in [0, 0.05) is 10.5 Å². The summed E-state index contributed by atoms with van der Waals surface area (Å²) in [6.45, 7) is 1.35. The van der Waals surface area contributed by atoms with E-state index < -0.39 is 17.5 Å². The average molecular weight is 356 g/mol. The zero-order valence-corrected chi connectivity index (χ0v) is 13.6. The van der Waals surface area contributed by atoms with Crippen molar-refractivity contribution in [3.63, 3.8) is 0 Å². The average Bonchev–Trinajstić information content (AvgIpc) is 2.48. The number of anilines is 1. The molecule has 2 aromatic carbocycles. The van der Waals surface area contributed by atoms with Gasteiger partial charge in [-0.1, -0.05) is 17.7 Å². The van der Waals surface area contributed by atoms with Crippen LogP contribution < -0.4 is 5.32 Å². The highest BCUT2D eigenvalue weighted by molar-refractivity contribution is 8.00. The molecule has 23 heavy (non-hydrogen) atoms. The van der Waals surface area contributed by atoms with E-state index in [1.54, 1.807) is 0 Å². The van der Waals surface area contributed by atoms with Crippen molar-refractivity contribution in [2.75, 3.05) is 11.1 Å². The minimum absolute atomic E-state index is 0.0515. The lowest BCUT2D eigenvalue weighted by atomic mass is 10.1. The van der Waals surface area contributed by atoms with E-state index in [-0.39, 0.29) is 32.7 Å². The Labute approximate surface area is 141 Å². The number of carbonyl (C=O) groups excluding carboxylic acids is 2. The molecule has 0 aliphatic heterocycles. The van der Waals surface area contributed by atoms with Crippen molar-refractivity contribution in [1.29, 1.82) is 0 Å². The third kappa shape index (κ3) is 4.77. The number of hydrogen-bond acceptors (Lipinski definition) is 3. The fraction of sp³-hybridized carbons (Fsp3) is 0.125. The lowest BCUT2D eigenvalue weighted by Gasteiger charge is -2.08. The van der Waals surface area contributed by atoms with E-state index in [1.165, 1.54) is 31.2 Å². The molecule has 0 bridgehead atoms. The second-order valence-electron chi connectivity index (χ2n) is 4.66. The maximum atomic E-state index is 13.8. The van der Waals surface area contributed by atoms with E-state index in [0.717, 1.165) is 23.9 Å². The molecule has 0 spiro atoms. The highest BCUT2D eigenvalue weighted by atomic mass is 35.5. The second kappa shape index (κ2) is 7.57. The van der Waals surface area contributed by atoms with Gasteiger partial charge in [0.25, 0.3) is 0 Å². The van der Waals surface area contributed by atoms with Crippen molar-refractivity contribution >= 4 is 40.7 Å². The third-order valence-electron chi connectivity index (χ3n) is 2.90. The van der Waals surface area contributed by atoms with Gasteiger partial charge in [-0.3, -0.25) is 9.59 Å². The number of carbonyl (C=O) groups is 2. The second-order valence-corrected chi connectivity index (χ2v) is 6.09. The topological polar surface area (TPSA) is 46.2 Å². The lowest BCUT2D eigenvalue weighted by molar-refractivity contribution is -0.113. The molecule has 0 heterocycles. The predicted molar refractivity (Wildman–Crippen MR) is 87.2 cm³/mol. The highest BCUT2D eigenvalue weighted by Gasteiger charge is 2.11. The largest absolute Gasteiger partial charge is 0.324 e. The Balaban J connectivity index is 1.98.